The van der Waals surface area contributed by atoms with E-state index in [1.807, 2.05) is 18.2 Å². The first kappa shape index (κ1) is 14.1. The number of methoxy groups -OCH3 is 1. The first-order chi connectivity index (χ1) is 9.15. The summed E-state index contributed by atoms with van der Waals surface area (Å²) in [7, 11) is 1.66. The van der Waals surface area contributed by atoms with Gasteiger partial charge in [-0.25, -0.2) is 0 Å². The first-order valence-electron chi connectivity index (χ1n) is 6.33. The Morgan fingerprint density at radius 2 is 1.84 bits per heavy atom. The third-order valence-corrected chi connectivity index (χ3v) is 3.77. The lowest BCUT2D eigenvalue weighted by molar-refractivity contribution is 0.407. The average molecular weight is 320 g/mol. The monoisotopic (exact) mass is 319 g/mol. The van der Waals surface area contributed by atoms with Gasteiger partial charge in [0.05, 0.1) is 13.2 Å². The van der Waals surface area contributed by atoms with Gasteiger partial charge in [-0.1, -0.05) is 53.2 Å². The van der Waals surface area contributed by atoms with Gasteiger partial charge in [0.1, 0.15) is 5.75 Å². The van der Waals surface area contributed by atoms with Crippen LogP contribution in [0.3, 0.4) is 0 Å². The fourth-order valence-corrected chi connectivity index (χ4v) is 2.42. The number of hydrogen-bond acceptors (Lipinski definition) is 2. The largest absolute Gasteiger partial charge is 0.496 e. The molecule has 2 nitrogen and oxygen atoms in total. The summed E-state index contributed by atoms with van der Waals surface area (Å²) in [5.41, 5.74) is 9.75. The number of hydrogen-bond donors (Lipinski definition) is 1. The summed E-state index contributed by atoms with van der Waals surface area (Å²) < 4.78 is 6.39. The Labute approximate surface area is 122 Å². The summed E-state index contributed by atoms with van der Waals surface area (Å²) in [5.74, 6) is 0.807. The Balaban J connectivity index is 2.34. The summed E-state index contributed by atoms with van der Waals surface area (Å²) >= 11 is 3.44. The van der Waals surface area contributed by atoms with E-state index in [4.69, 9.17) is 10.5 Å². The standard InChI is InChI=1S/C16H18BrNO/c1-3-11-4-6-12(7-5-11)16(18)14-9-8-13(17)10-15(14)19-2/h4-10,16H,3,18H2,1-2H3. The summed E-state index contributed by atoms with van der Waals surface area (Å²) in [6.45, 7) is 2.15. The predicted octanol–water partition coefficient (Wildman–Crippen LogP) is 4.07. The van der Waals surface area contributed by atoms with Crippen LogP contribution < -0.4 is 10.5 Å². The Bertz CT molecular complexity index is 551. The molecule has 2 aromatic carbocycles. The Morgan fingerprint density at radius 1 is 1.16 bits per heavy atom. The van der Waals surface area contributed by atoms with Crippen LogP contribution in [0.5, 0.6) is 5.75 Å². The van der Waals surface area contributed by atoms with E-state index in [-0.39, 0.29) is 6.04 Å². The van der Waals surface area contributed by atoms with Crippen molar-refractivity contribution in [3.63, 3.8) is 0 Å². The van der Waals surface area contributed by atoms with Crippen LogP contribution in [0.1, 0.15) is 29.7 Å². The summed E-state index contributed by atoms with van der Waals surface area (Å²) in [6.07, 6.45) is 1.04. The van der Waals surface area contributed by atoms with Crippen molar-refractivity contribution in [1.82, 2.24) is 0 Å². The van der Waals surface area contributed by atoms with Crippen LogP contribution in [0.4, 0.5) is 0 Å². The smallest absolute Gasteiger partial charge is 0.125 e. The minimum Gasteiger partial charge on any atom is -0.496 e. The minimum atomic E-state index is -0.172. The lowest BCUT2D eigenvalue weighted by atomic mass is 9.97. The van der Waals surface area contributed by atoms with Crippen LogP contribution in [0, 0.1) is 0 Å². The predicted molar refractivity (Wildman–Crippen MR) is 82.5 cm³/mol. The van der Waals surface area contributed by atoms with Gasteiger partial charge in [-0.05, 0) is 29.7 Å². The van der Waals surface area contributed by atoms with Crippen LogP contribution in [0.15, 0.2) is 46.9 Å². The maximum atomic E-state index is 6.34. The number of benzene rings is 2. The molecule has 0 amide bonds. The maximum Gasteiger partial charge on any atom is 0.125 e. The molecule has 3 heteroatoms. The molecule has 2 N–H and O–H groups in total. The second-order valence-electron chi connectivity index (χ2n) is 4.46. The van der Waals surface area contributed by atoms with Gasteiger partial charge in [-0.15, -0.1) is 0 Å². The van der Waals surface area contributed by atoms with Crippen molar-refractivity contribution >= 4 is 15.9 Å². The fraction of sp³-hybridized carbons (Fsp3) is 0.250. The lowest BCUT2D eigenvalue weighted by Gasteiger charge is -2.16. The van der Waals surface area contributed by atoms with Crippen molar-refractivity contribution in [3.8, 4) is 5.75 Å². The van der Waals surface area contributed by atoms with Gasteiger partial charge in [0.25, 0.3) is 0 Å². The van der Waals surface area contributed by atoms with E-state index < -0.39 is 0 Å². The summed E-state index contributed by atoms with van der Waals surface area (Å²) in [5, 5.41) is 0. The Kier molecular flexibility index (Phi) is 4.61. The van der Waals surface area contributed by atoms with Crippen molar-refractivity contribution in [1.29, 1.82) is 0 Å². The molecular weight excluding hydrogens is 302 g/mol. The van der Waals surface area contributed by atoms with Gasteiger partial charge in [0, 0.05) is 10.0 Å². The molecule has 0 heterocycles. The van der Waals surface area contributed by atoms with Crippen LogP contribution in [0.2, 0.25) is 0 Å². The molecule has 0 fully saturated rings. The summed E-state index contributed by atoms with van der Waals surface area (Å²) in [4.78, 5) is 0. The zero-order chi connectivity index (χ0) is 13.8. The third-order valence-electron chi connectivity index (χ3n) is 3.28. The molecular formula is C16H18BrNO. The zero-order valence-electron chi connectivity index (χ0n) is 11.2. The van der Waals surface area contributed by atoms with Crippen molar-refractivity contribution in [2.45, 2.75) is 19.4 Å². The van der Waals surface area contributed by atoms with Crippen molar-refractivity contribution < 1.29 is 4.74 Å². The average Bonchev–Trinajstić information content (AvgIpc) is 2.46. The molecule has 0 aliphatic carbocycles. The second-order valence-corrected chi connectivity index (χ2v) is 5.37. The number of halogens is 1. The highest BCUT2D eigenvalue weighted by atomic mass is 79.9. The summed E-state index contributed by atoms with van der Waals surface area (Å²) in [6, 6.07) is 14.2. The van der Waals surface area contributed by atoms with Crippen LogP contribution in [-0.4, -0.2) is 7.11 Å². The Hall–Kier alpha value is -1.32. The molecule has 2 aromatic rings. The highest BCUT2D eigenvalue weighted by molar-refractivity contribution is 9.10. The van der Waals surface area contributed by atoms with E-state index in [9.17, 15) is 0 Å². The molecule has 1 atom stereocenters. The van der Waals surface area contributed by atoms with E-state index in [1.54, 1.807) is 7.11 Å². The lowest BCUT2D eigenvalue weighted by Crippen LogP contribution is -2.13. The molecule has 0 aromatic heterocycles. The molecule has 19 heavy (non-hydrogen) atoms. The van der Waals surface area contributed by atoms with E-state index >= 15 is 0 Å². The van der Waals surface area contributed by atoms with Gasteiger partial charge in [0.15, 0.2) is 0 Å². The molecule has 0 spiro atoms. The molecule has 100 valence electrons. The molecule has 0 aliphatic heterocycles. The molecule has 0 aliphatic rings. The van der Waals surface area contributed by atoms with Crippen molar-refractivity contribution in [2.24, 2.45) is 5.73 Å². The second kappa shape index (κ2) is 6.22. The van der Waals surface area contributed by atoms with Gasteiger partial charge in [-0.2, -0.15) is 0 Å². The van der Waals surface area contributed by atoms with Gasteiger partial charge < -0.3 is 10.5 Å². The van der Waals surface area contributed by atoms with E-state index in [1.165, 1.54) is 5.56 Å². The van der Waals surface area contributed by atoms with E-state index in [2.05, 4.69) is 47.1 Å². The minimum absolute atomic E-state index is 0.172. The van der Waals surface area contributed by atoms with Crippen LogP contribution in [0.25, 0.3) is 0 Å². The van der Waals surface area contributed by atoms with Crippen LogP contribution >= 0.6 is 15.9 Å². The normalized spacial score (nSPS) is 12.2. The number of rotatable bonds is 4. The first-order valence-corrected chi connectivity index (χ1v) is 7.13. The maximum absolute atomic E-state index is 6.34. The number of nitrogens with two attached hydrogens (primary N) is 1. The molecule has 0 radical (unpaired) electrons. The van der Waals surface area contributed by atoms with E-state index in [0.29, 0.717) is 0 Å². The highest BCUT2D eigenvalue weighted by Gasteiger charge is 2.14. The molecule has 1 unspecified atom stereocenters. The van der Waals surface area contributed by atoms with E-state index in [0.717, 1.165) is 27.8 Å². The van der Waals surface area contributed by atoms with Crippen LogP contribution in [-0.2, 0) is 6.42 Å². The Morgan fingerprint density at radius 3 is 2.42 bits per heavy atom. The quantitative estimate of drug-likeness (QED) is 0.922. The third kappa shape index (κ3) is 3.17. The zero-order valence-corrected chi connectivity index (χ0v) is 12.8. The van der Waals surface area contributed by atoms with Crippen molar-refractivity contribution in [3.05, 3.63) is 63.6 Å². The topological polar surface area (TPSA) is 35.2 Å². The van der Waals surface area contributed by atoms with Gasteiger partial charge in [-0.3, -0.25) is 0 Å². The van der Waals surface area contributed by atoms with Gasteiger partial charge >= 0.3 is 0 Å². The SMILES string of the molecule is CCc1ccc(C(N)c2ccc(Br)cc2OC)cc1. The number of aryl methyl sites for hydroxylation is 1. The molecule has 0 saturated carbocycles. The molecule has 2 rings (SSSR count). The van der Waals surface area contributed by atoms with Gasteiger partial charge in [0.2, 0.25) is 0 Å². The number of ether oxygens (including phenoxy) is 1. The molecule has 0 saturated heterocycles. The fourth-order valence-electron chi connectivity index (χ4n) is 2.08. The highest BCUT2D eigenvalue weighted by Crippen LogP contribution is 2.30. The van der Waals surface area contributed by atoms with Crippen molar-refractivity contribution in [2.75, 3.05) is 7.11 Å². The molecule has 0 bridgehead atoms.